The lowest BCUT2D eigenvalue weighted by atomic mass is 10.2. The van der Waals surface area contributed by atoms with Gasteiger partial charge in [0.2, 0.25) is 10.0 Å². The SMILES string of the molecule is CS(=O)(=O)N1CCN(c2ccc(CCN)cn2)CC1. The van der Waals surface area contributed by atoms with Crippen LogP contribution in [0.15, 0.2) is 18.3 Å². The van der Waals surface area contributed by atoms with E-state index in [1.807, 2.05) is 18.3 Å². The molecule has 0 radical (unpaired) electrons. The van der Waals surface area contributed by atoms with Crippen molar-refractivity contribution in [2.24, 2.45) is 5.73 Å². The summed E-state index contributed by atoms with van der Waals surface area (Å²) < 4.78 is 24.4. The van der Waals surface area contributed by atoms with E-state index < -0.39 is 10.0 Å². The van der Waals surface area contributed by atoms with E-state index in [9.17, 15) is 8.42 Å². The van der Waals surface area contributed by atoms with Gasteiger partial charge in [0, 0.05) is 32.4 Å². The van der Waals surface area contributed by atoms with Gasteiger partial charge in [0.05, 0.1) is 6.26 Å². The molecule has 1 saturated heterocycles. The molecule has 1 aliphatic rings. The van der Waals surface area contributed by atoms with Crippen LogP contribution < -0.4 is 10.6 Å². The number of anilines is 1. The van der Waals surface area contributed by atoms with Gasteiger partial charge in [-0.2, -0.15) is 4.31 Å². The van der Waals surface area contributed by atoms with Crippen molar-refractivity contribution in [3.8, 4) is 0 Å². The van der Waals surface area contributed by atoms with Gasteiger partial charge in [-0.05, 0) is 24.6 Å². The van der Waals surface area contributed by atoms with Gasteiger partial charge in [0.1, 0.15) is 5.82 Å². The highest BCUT2D eigenvalue weighted by Crippen LogP contribution is 2.15. The molecule has 106 valence electrons. The zero-order valence-electron chi connectivity index (χ0n) is 11.1. The van der Waals surface area contributed by atoms with Crippen LogP contribution in [0.4, 0.5) is 5.82 Å². The van der Waals surface area contributed by atoms with E-state index in [0.717, 1.165) is 17.8 Å². The molecule has 0 spiro atoms. The van der Waals surface area contributed by atoms with E-state index in [1.165, 1.54) is 10.6 Å². The van der Waals surface area contributed by atoms with Crippen molar-refractivity contribution in [2.45, 2.75) is 6.42 Å². The fourth-order valence-corrected chi connectivity index (χ4v) is 2.99. The Morgan fingerprint density at radius 1 is 1.26 bits per heavy atom. The highest BCUT2D eigenvalue weighted by atomic mass is 32.2. The van der Waals surface area contributed by atoms with Crippen LogP contribution in [0.3, 0.4) is 0 Å². The van der Waals surface area contributed by atoms with Crippen LogP contribution in [0.1, 0.15) is 5.56 Å². The highest BCUT2D eigenvalue weighted by Gasteiger charge is 2.23. The maximum Gasteiger partial charge on any atom is 0.211 e. The molecule has 0 atom stereocenters. The first-order valence-corrected chi connectivity index (χ1v) is 8.20. The predicted octanol–water partition coefficient (Wildman–Crippen LogP) is -0.336. The van der Waals surface area contributed by atoms with Crippen LogP contribution in [-0.4, -0.2) is 56.7 Å². The fraction of sp³-hybridized carbons (Fsp3) is 0.583. The van der Waals surface area contributed by atoms with E-state index in [0.29, 0.717) is 32.7 Å². The summed E-state index contributed by atoms with van der Waals surface area (Å²) in [4.78, 5) is 6.52. The number of hydrogen-bond donors (Lipinski definition) is 1. The highest BCUT2D eigenvalue weighted by molar-refractivity contribution is 7.88. The average Bonchev–Trinajstić information content (AvgIpc) is 2.39. The Hall–Kier alpha value is -1.18. The van der Waals surface area contributed by atoms with Gasteiger partial charge >= 0.3 is 0 Å². The lowest BCUT2D eigenvalue weighted by molar-refractivity contribution is 0.387. The summed E-state index contributed by atoms with van der Waals surface area (Å²) in [7, 11) is -3.07. The number of nitrogens with zero attached hydrogens (tertiary/aromatic N) is 3. The molecule has 0 aliphatic carbocycles. The predicted molar refractivity (Wildman–Crippen MR) is 75.6 cm³/mol. The number of sulfonamides is 1. The van der Waals surface area contributed by atoms with E-state index >= 15 is 0 Å². The van der Waals surface area contributed by atoms with Crippen molar-refractivity contribution in [2.75, 3.05) is 43.9 Å². The summed E-state index contributed by atoms with van der Waals surface area (Å²) in [6, 6.07) is 4.00. The van der Waals surface area contributed by atoms with Crippen molar-refractivity contribution < 1.29 is 8.42 Å². The minimum Gasteiger partial charge on any atom is -0.354 e. The molecular weight excluding hydrogens is 264 g/mol. The molecule has 7 heteroatoms. The number of pyridine rings is 1. The van der Waals surface area contributed by atoms with Crippen LogP contribution in [0.2, 0.25) is 0 Å². The molecule has 0 unspecified atom stereocenters. The Kier molecular flexibility index (Phi) is 4.38. The zero-order valence-corrected chi connectivity index (χ0v) is 11.9. The number of piperazine rings is 1. The van der Waals surface area contributed by atoms with Gasteiger partial charge in [0.25, 0.3) is 0 Å². The molecule has 2 rings (SSSR count). The number of aromatic nitrogens is 1. The largest absolute Gasteiger partial charge is 0.354 e. The van der Waals surface area contributed by atoms with Gasteiger partial charge in [-0.15, -0.1) is 0 Å². The van der Waals surface area contributed by atoms with E-state index in [1.54, 1.807) is 0 Å². The first kappa shape index (κ1) is 14.2. The summed E-state index contributed by atoms with van der Waals surface area (Å²) in [5.41, 5.74) is 6.62. The van der Waals surface area contributed by atoms with Gasteiger partial charge in [0.15, 0.2) is 0 Å². The first-order chi connectivity index (χ1) is 9.00. The molecule has 0 saturated carbocycles. The van der Waals surface area contributed by atoms with E-state index in [-0.39, 0.29) is 0 Å². The second-order valence-corrected chi connectivity index (χ2v) is 6.69. The monoisotopic (exact) mass is 284 g/mol. The molecule has 1 aromatic heterocycles. The topological polar surface area (TPSA) is 79.5 Å². The van der Waals surface area contributed by atoms with Gasteiger partial charge in [-0.25, -0.2) is 13.4 Å². The molecule has 1 aliphatic heterocycles. The molecule has 6 nitrogen and oxygen atoms in total. The van der Waals surface area contributed by atoms with Crippen LogP contribution in [0.25, 0.3) is 0 Å². The molecule has 0 aromatic carbocycles. The first-order valence-electron chi connectivity index (χ1n) is 6.36. The van der Waals surface area contributed by atoms with Crippen LogP contribution >= 0.6 is 0 Å². The summed E-state index contributed by atoms with van der Waals surface area (Å²) in [6.45, 7) is 3.01. The number of nitrogens with two attached hydrogens (primary N) is 1. The normalized spacial score (nSPS) is 17.7. The third-order valence-electron chi connectivity index (χ3n) is 3.27. The average molecular weight is 284 g/mol. The molecule has 19 heavy (non-hydrogen) atoms. The van der Waals surface area contributed by atoms with Gasteiger partial charge < -0.3 is 10.6 Å². The van der Waals surface area contributed by atoms with Crippen molar-refractivity contribution in [1.29, 1.82) is 0 Å². The van der Waals surface area contributed by atoms with E-state index in [2.05, 4.69) is 9.88 Å². The summed E-state index contributed by atoms with van der Waals surface area (Å²) in [5, 5.41) is 0. The maximum atomic E-state index is 11.4. The van der Waals surface area contributed by atoms with Gasteiger partial charge in [-0.3, -0.25) is 0 Å². The summed E-state index contributed by atoms with van der Waals surface area (Å²) >= 11 is 0. The number of rotatable bonds is 4. The Balaban J connectivity index is 1.97. The maximum absolute atomic E-state index is 11.4. The standard InChI is InChI=1S/C12H20N4O2S/c1-19(17,18)16-8-6-15(7-9-16)12-3-2-11(4-5-13)10-14-12/h2-3,10H,4-9,13H2,1H3. The molecular formula is C12H20N4O2S. The Bertz CT molecular complexity index is 507. The lowest BCUT2D eigenvalue weighted by Gasteiger charge is -2.34. The minimum atomic E-state index is -3.07. The minimum absolute atomic E-state index is 0.519. The smallest absolute Gasteiger partial charge is 0.211 e. The van der Waals surface area contributed by atoms with Crippen LogP contribution in [0, 0.1) is 0 Å². The summed E-state index contributed by atoms with van der Waals surface area (Å²) in [5.74, 6) is 0.897. The van der Waals surface area contributed by atoms with Crippen molar-refractivity contribution in [1.82, 2.24) is 9.29 Å². The molecule has 0 amide bonds. The van der Waals surface area contributed by atoms with Crippen LogP contribution in [-0.2, 0) is 16.4 Å². The Morgan fingerprint density at radius 2 is 1.95 bits per heavy atom. The quantitative estimate of drug-likeness (QED) is 0.818. The molecule has 2 N–H and O–H groups in total. The van der Waals surface area contributed by atoms with Gasteiger partial charge in [-0.1, -0.05) is 6.07 Å². The van der Waals surface area contributed by atoms with Crippen molar-refractivity contribution >= 4 is 15.8 Å². The fourth-order valence-electron chi connectivity index (χ4n) is 2.17. The van der Waals surface area contributed by atoms with Crippen LogP contribution in [0.5, 0.6) is 0 Å². The molecule has 0 bridgehead atoms. The third-order valence-corrected chi connectivity index (χ3v) is 4.58. The third kappa shape index (κ3) is 3.65. The molecule has 1 fully saturated rings. The van der Waals surface area contributed by atoms with E-state index in [4.69, 9.17) is 5.73 Å². The Labute approximate surface area is 114 Å². The lowest BCUT2D eigenvalue weighted by Crippen LogP contribution is -2.48. The Morgan fingerprint density at radius 3 is 2.42 bits per heavy atom. The number of hydrogen-bond acceptors (Lipinski definition) is 5. The summed E-state index contributed by atoms with van der Waals surface area (Å²) in [6.07, 6.45) is 3.92. The zero-order chi connectivity index (χ0) is 13.9. The molecule has 1 aromatic rings. The van der Waals surface area contributed by atoms with Crippen molar-refractivity contribution in [3.63, 3.8) is 0 Å². The molecule has 2 heterocycles. The second-order valence-electron chi connectivity index (χ2n) is 4.71. The second kappa shape index (κ2) is 5.85. The van der Waals surface area contributed by atoms with Crippen molar-refractivity contribution in [3.05, 3.63) is 23.9 Å².